The standard InChI is InChI=1S/C13H21NO4S/c1-10(15)5-3-6-14-12(16)9-11(13(14)17)19-8-4-7-18-2/h11H,3-9H2,1-2H3. The van der Waals surface area contributed by atoms with Crippen LogP contribution in [0.5, 0.6) is 0 Å². The maximum Gasteiger partial charge on any atom is 0.242 e. The molecule has 1 saturated heterocycles. The summed E-state index contributed by atoms with van der Waals surface area (Å²) in [4.78, 5) is 35.9. The lowest BCUT2D eigenvalue weighted by Crippen LogP contribution is -2.32. The smallest absolute Gasteiger partial charge is 0.242 e. The van der Waals surface area contributed by atoms with Crippen molar-refractivity contribution in [1.29, 1.82) is 0 Å². The molecule has 1 unspecified atom stereocenters. The first-order chi connectivity index (χ1) is 9.06. The summed E-state index contributed by atoms with van der Waals surface area (Å²) in [5.41, 5.74) is 0. The molecule has 19 heavy (non-hydrogen) atoms. The van der Waals surface area contributed by atoms with Crippen LogP contribution in [0.4, 0.5) is 0 Å². The van der Waals surface area contributed by atoms with Crippen molar-refractivity contribution < 1.29 is 19.1 Å². The number of hydrogen-bond donors (Lipinski definition) is 0. The zero-order valence-corrected chi connectivity index (χ0v) is 12.3. The van der Waals surface area contributed by atoms with E-state index in [0.717, 1.165) is 12.2 Å². The number of amides is 2. The fraction of sp³-hybridized carbons (Fsp3) is 0.769. The number of Topliss-reactive ketones (excluding diaryl/α,β-unsaturated/α-hetero) is 1. The van der Waals surface area contributed by atoms with Crippen molar-refractivity contribution in [2.45, 2.75) is 37.9 Å². The van der Waals surface area contributed by atoms with Crippen molar-refractivity contribution >= 4 is 29.4 Å². The summed E-state index contributed by atoms with van der Waals surface area (Å²) in [7, 11) is 1.64. The first-order valence-electron chi connectivity index (χ1n) is 6.50. The van der Waals surface area contributed by atoms with E-state index in [4.69, 9.17) is 4.74 Å². The molecule has 1 atom stereocenters. The van der Waals surface area contributed by atoms with Crippen molar-refractivity contribution in [3.8, 4) is 0 Å². The summed E-state index contributed by atoms with van der Waals surface area (Å²) in [6.45, 7) is 2.55. The third-order valence-corrected chi connectivity index (χ3v) is 4.22. The first kappa shape index (κ1) is 16.2. The number of thioether (sulfide) groups is 1. The van der Waals surface area contributed by atoms with E-state index in [0.29, 0.717) is 26.0 Å². The molecule has 1 heterocycles. The molecule has 0 N–H and O–H groups in total. The molecule has 6 heteroatoms. The number of ketones is 1. The fourth-order valence-corrected chi connectivity index (χ4v) is 3.03. The summed E-state index contributed by atoms with van der Waals surface area (Å²) >= 11 is 1.52. The number of carbonyl (C=O) groups is 3. The Labute approximate surface area is 118 Å². The lowest BCUT2D eigenvalue weighted by Gasteiger charge is -2.14. The van der Waals surface area contributed by atoms with E-state index in [2.05, 4.69) is 0 Å². The summed E-state index contributed by atoms with van der Waals surface area (Å²) in [6.07, 6.45) is 2.15. The highest BCUT2D eigenvalue weighted by Gasteiger charge is 2.38. The van der Waals surface area contributed by atoms with Crippen molar-refractivity contribution in [3.05, 3.63) is 0 Å². The van der Waals surface area contributed by atoms with E-state index in [1.807, 2.05) is 0 Å². The molecule has 0 spiro atoms. The maximum absolute atomic E-state index is 12.0. The second-order valence-corrected chi connectivity index (χ2v) is 5.91. The molecule has 0 aliphatic carbocycles. The minimum atomic E-state index is -0.248. The van der Waals surface area contributed by atoms with Crippen LogP contribution in [0.1, 0.15) is 32.6 Å². The van der Waals surface area contributed by atoms with Crippen LogP contribution in [-0.2, 0) is 19.1 Å². The van der Waals surface area contributed by atoms with Crippen LogP contribution in [0.3, 0.4) is 0 Å². The van der Waals surface area contributed by atoms with Gasteiger partial charge in [-0.2, -0.15) is 0 Å². The zero-order chi connectivity index (χ0) is 14.3. The monoisotopic (exact) mass is 287 g/mol. The van der Waals surface area contributed by atoms with Crippen LogP contribution in [0.15, 0.2) is 0 Å². The number of nitrogens with zero attached hydrogens (tertiary/aromatic N) is 1. The van der Waals surface area contributed by atoms with E-state index in [1.54, 1.807) is 7.11 Å². The Hall–Kier alpha value is -0.880. The summed E-state index contributed by atoms with van der Waals surface area (Å²) in [5.74, 6) is 0.692. The van der Waals surface area contributed by atoms with Crippen molar-refractivity contribution in [2.24, 2.45) is 0 Å². The molecular formula is C13H21NO4S. The Morgan fingerprint density at radius 2 is 2.16 bits per heavy atom. The fourth-order valence-electron chi connectivity index (χ4n) is 1.93. The van der Waals surface area contributed by atoms with Gasteiger partial charge in [-0.05, 0) is 25.5 Å². The van der Waals surface area contributed by atoms with E-state index in [-0.39, 0.29) is 29.3 Å². The number of methoxy groups -OCH3 is 1. The van der Waals surface area contributed by atoms with E-state index in [1.165, 1.54) is 23.6 Å². The third-order valence-electron chi connectivity index (χ3n) is 2.92. The Morgan fingerprint density at radius 1 is 1.42 bits per heavy atom. The molecule has 0 aromatic carbocycles. The lowest BCUT2D eigenvalue weighted by molar-refractivity contribution is -0.138. The van der Waals surface area contributed by atoms with Gasteiger partial charge in [0.1, 0.15) is 5.78 Å². The predicted octanol–water partition coefficient (Wildman–Crippen LogP) is 1.25. The third kappa shape index (κ3) is 5.32. The molecule has 1 rings (SSSR count). The Kier molecular flexibility index (Phi) is 7.09. The molecule has 0 aromatic rings. The number of imide groups is 1. The summed E-state index contributed by atoms with van der Waals surface area (Å²) in [5, 5.41) is -0.248. The molecule has 1 aliphatic heterocycles. The van der Waals surface area contributed by atoms with Gasteiger partial charge in [-0.15, -0.1) is 11.8 Å². The molecule has 0 aromatic heterocycles. The number of ether oxygens (including phenoxy) is 1. The Morgan fingerprint density at radius 3 is 2.79 bits per heavy atom. The summed E-state index contributed by atoms with van der Waals surface area (Å²) < 4.78 is 4.94. The molecule has 5 nitrogen and oxygen atoms in total. The van der Waals surface area contributed by atoms with Crippen LogP contribution in [-0.4, -0.2) is 53.8 Å². The van der Waals surface area contributed by atoms with Gasteiger partial charge in [0.15, 0.2) is 0 Å². The highest BCUT2D eigenvalue weighted by molar-refractivity contribution is 8.00. The maximum atomic E-state index is 12.0. The summed E-state index contributed by atoms with van der Waals surface area (Å²) in [6, 6.07) is 0. The number of likely N-dealkylation sites (tertiary alicyclic amines) is 1. The number of rotatable bonds is 9. The first-order valence-corrected chi connectivity index (χ1v) is 7.55. The van der Waals surface area contributed by atoms with Crippen molar-refractivity contribution in [2.75, 3.05) is 26.0 Å². The average Bonchev–Trinajstić information content (AvgIpc) is 2.62. The minimum Gasteiger partial charge on any atom is -0.385 e. The molecule has 1 aliphatic rings. The van der Waals surface area contributed by atoms with Crippen LogP contribution < -0.4 is 0 Å². The predicted molar refractivity (Wildman–Crippen MR) is 74.0 cm³/mol. The van der Waals surface area contributed by atoms with Gasteiger partial charge in [0.2, 0.25) is 11.8 Å². The van der Waals surface area contributed by atoms with Crippen LogP contribution in [0.25, 0.3) is 0 Å². The van der Waals surface area contributed by atoms with E-state index in [9.17, 15) is 14.4 Å². The van der Waals surface area contributed by atoms with Crippen LogP contribution in [0.2, 0.25) is 0 Å². The second-order valence-electron chi connectivity index (χ2n) is 4.60. The molecule has 0 saturated carbocycles. The topological polar surface area (TPSA) is 63.7 Å². The van der Waals surface area contributed by atoms with Gasteiger partial charge in [0.25, 0.3) is 0 Å². The molecule has 0 radical (unpaired) electrons. The van der Waals surface area contributed by atoms with Gasteiger partial charge in [0, 0.05) is 33.1 Å². The number of hydrogen-bond acceptors (Lipinski definition) is 5. The molecule has 2 amide bonds. The van der Waals surface area contributed by atoms with Gasteiger partial charge in [0.05, 0.1) is 5.25 Å². The molecule has 1 fully saturated rings. The second kappa shape index (κ2) is 8.32. The number of carbonyl (C=O) groups excluding carboxylic acids is 3. The molecule has 108 valence electrons. The molecule has 0 bridgehead atoms. The quantitative estimate of drug-likeness (QED) is 0.472. The lowest BCUT2D eigenvalue weighted by atomic mass is 10.2. The van der Waals surface area contributed by atoms with Gasteiger partial charge in [-0.1, -0.05) is 0 Å². The SMILES string of the molecule is COCCCSC1CC(=O)N(CCCC(C)=O)C1=O. The minimum absolute atomic E-state index is 0.0876. The van der Waals surface area contributed by atoms with E-state index < -0.39 is 0 Å². The Bertz CT molecular complexity index is 346. The van der Waals surface area contributed by atoms with Crippen molar-refractivity contribution in [3.63, 3.8) is 0 Å². The zero-order valence-electron chi connectivity index (χ0n) is 11.5. The van der Waals surface area contributed by atoms with Gasteiger partial charge >= 0.3 is 0 Å². The van der Waals surface area contributed by atoms with Gasteiger partial charge in [-0.25, -0.2) is 0 Å². The highest BCUT2D eigenvalue weighted by atomic mass is 32.2. The van der Waals surface area contributed by atoms with E-state index >= 15 is 0 Å². The highest BCUT2D eigenvalue weighted by Crippen LogP contribution is 2.25. The van der Waals surface area contributed by atoms with Gasteiger partial charge in [-0.3, -0.25) is 14.5 Å². The van der Waals surface area contributed by atoms with Crippen LogP contribution in [0, 0.1) is 0 Å². The van der Waals surface area contributed by atoms with Gasteiger partial charge < -0.3 is 9.53 Å². The van der Waals surface area contributed by atoms with Crippen LogP contribution >= 0.6 is 11.8 Å². The Balaban J connectivity index is 2.33. The van der Waals surface area contributed by atoms with Crippen molar-refractivity contribution in [1.82, 2.24) is 4.90 Å². The normalized spacial score (nSPS) is 19.3. The average molecular weight is 287 g/mol. The molecular weight excluding hydrogens is 266 g/mol. The largest absolute Gasteiger partial charge is 0.385 e.